The quantitative estimate of drug-likeness (QED) is 0.786. The van der Waals surface area contributed by atoms with Gasteiger partial charge in [0.2, 0.25) is 5.91 Å². The minimum Gasteiger partial charge on any atom is -0.361 e. The molecule has 0 unspecified atom stereocenters. The van der Waals surface area contributed by atoms with Crippen LogP contribution in [-0.2, 0) is 17.8 Å². The summed E-state index contributed by atoms with van der Waals surface area (Å²) in [6.45, 7) is -2.62. The number of H-pyrrole nitrogens is 1. The Morgan fingerprint density at radius 1 is 1.39 bits per heavy atom. The van der Waals surface area contributed by atoms with Gasteiger partial charge in [-0.2, -0.15) is 8.78 Å². The van der Waals surface area contributed by atoms with Crippen LogP contribution in [0.1, 0.15) is 17.9 Å². The number of hydrogen-bond acceptors (Lipinski definition) is 2. The Bertz CT molecular complexity index is 824. The van der Waals surface area contributed by atoms with Crippen molar-refractivity contribution in [1.29, 1.82) is 0 Å². The average Bonchev–Trinajstić information content (AvgIpc) is 3.14. The number of halogens is 2. The number of carbonyl (C=O) groups excluding carboxylic acids is 1. The van der Waals surface area contributed by atoms with Crippen molar-refractivity contribution in [2.45, 2.75) is 19.5 Å². The third-order valence-electron chi connectivity index (χ3n) is 3.78. The van der Waals surface area contributed by atoms with Crippen LogP contribution < -0.4 is 0 Å². The molecule has 3 rings (SSSR count). The molecule has 23 heavy (non-hydrogen) atoms. The highest BCUT2D eigenvalue weighted by molar-refractivity contribution is 5.88. The summed E-state index contributed by atoms with van der Waals surface area (Å²) in [5, 5.41) is 0.989. The summed E-state index contributed by atoms with van der Waals surface area (Å²) in [5.74, 6) is 0.00773. The molecule has 0 radical (unpaired) electrons. The lowest BCUT2D eigenvalue weighted by Gasteiger charge is -2.17. The Kier molecular flexibility index (Phi) is 4.10. The van der Waals surface area contributed by atoms with Gasteiger partial charge in [-0.05, 0) is 11.6 Å². The van der Waals surface area contributed by atoms with E-state index in [9.17, 15) is 13.6 Å². The van der Waals surface area contributed by atoms with Crippen molar-refractivity contribution in [3.63, 3.8) is 0 Å². The van der Waals surface area contributed by atoms with Gasteiger partial charge >= 0.3 is 6.55 Å². The minimum absolute atomic E-state index is 0.0402. The zero-order chi connectivity index (χ0) is 16.4. The molecule has 0 saturated carbocycles. The highest BCUT2D eigenvalue weighted by Gasteiger charge is 2.17. The molecule has 3 aromatic rings. The van der Waals surface area contributed by atoms with E-state index in [0.717, 1.165) is 21.0 Å². The van der Waals surface area contributed by atoms with Gasteiger partial charge in [-0.3, -0.25) is 9.36 Å². The van der Waals surface area contributed by atoms with E-state index < -0.39 is 6.55 Å². The Labute approximate surface area is 131 Å². The monoisotopic (exact) mass is 318 g/mol. The zero-order valence-electron chi connectivity index (χ0n) is 12.5. The molecule has 2 aromatic heterocycles. The normalized spacial score (nSPS) is 11.3. The van der Waals surface area contributed by atoms with E-state index in [4.69, 9.17) is 0 Å². The van der Waals surface area contributed by atoms with E-state index in [1.54, 1.807) is 13.2 Å². The number of aromatic nitrogens is 3. The molecule has 0 aliphatic heterocycles. The van der Waals surface area contributed by atoms with Gasteiger partial charge in [-0.25, -0.2) is 4.98 Å². The molecule has 0 spiro atoms. The molecular formula is C16H16F2N4O. The lowest BCUT2D eigenvalue weighted by molar-refractivity contribution is -0.129. The van der Waals surface area contributed by atoms with Crippen LogP contribution in [0, 0.1) is 0 Å². The van der Waals surface area contributed by atoms with Gasteiger partial charge in [0.1, 0.15) is 5.82 Å². The van der Waals surface area contributed by atoms with Crippen LogP contribution in [-0.4, -0.2) is 32.4 Å². The number of imidazole rings is 1. The molecule has 120 valence electrons. The van der Waals surface area contributed by atoms with Crippen LogP contribution in [0.3, 0.4) is 0 Å². The molecule has 2 heterocycles. The van der Waals surface area contributed by atoms with Crippen LogP contribution >= 0.6 is 0 Å². The number of aromatic amines is 1. The molecular weight excluding hydrogens is 302 g/mol. The molecule has 0 aliphatic rings. The van der Waals surface area contributed by atoms with Crippen molar-refractivity contribution in [2.75, 3.05) is 7.05 Å². The molecule has 0 atom stereocenters. The van der Waals surface area contributed by atoms with E-state index in [1.807, 2.05) is 24.3 Å². The van der Waals surface area contributed by atoms with Crippen LogP contribution in [0.5, 0.6) is 0 Å². The maximum atomic E-state index is 12.8. The highest BCUT2D eigenvalue weighted by Crippen LogP contribution is 2.19. The number of nitrogens with zero attached hydrogens (tertiary/aromatic N) is 3. The van der Waals surface area contributed by atoms with Crippen LogP contribution in [0.25, 0.3) is 10.9 Å². The second-order valence-corrected chi connectivity index (χ2v) is 5.31. The van der Waals surface area contributed by atoms with E-state index >= 15 is 0 Å². The molecule has 7 heteroatoms. The number of rotatable bonds is 5. The predicted octanol–water partition coefficient (Wildman–Crippen LogP) is 2.96. The number of amides is 1. The Morgan fingerprint density at radius 3 is 2.96 bits per heavy atom. The maximum absolute atomic E-state index is 12.8. The van der Waals surface area contributed by atoms with E-state index in [-0.39, 0.29) is 24.7 Å². The summed E-state index contributed by atoms with van der Waals surface area (Å²) >= 11 is 0. The van der Waals surface area contributed by atoms with Gasteiger partial charge in [-0.15, -0.1) is 0 Å². The summed E-state index contributed by atoms with van der Waals surface area (Å²) in [5.41, 5.74) is 1.85. The van der Waals surface area contributed by atoms with E-state index in [1.165, 1.54) is 17.3 Å². The first-order valence-electron chi connectivity index (χ1n) is 7.15. The molecule has 1 N–H and O–H groups in total. The SMILES string of the molecule is CN(Cc1nccn1C(F)F)C(=O)Cc1c[nH]c2ccccc12. The van der Waals surface area contributed by atoms with E-state index in [2.05, 4.69) is 9.97 Å². The fraction of sp³-hybridized carbons (Fsp3) is 0.250. The maximum Gasteiger partial charge on any atom is 0.319 e. The fourth-order valence-corrected chi connectivity index (χ4v) is 2.52. The summed E-state index contributed by atoms with van der Waals surface area (Å²) in [4.78, 5) is 20.8. The van der Waals surface area contributed by atoms with Crippen LogP contribution in [0.15, 0.2) is 42.9 Å². The van der Waals surface area contributed by atoms with Crippen molar-refractivity contribution in [3.8, 4) is 0 Å². The first-order valence-corrected chi connectivity index (χ1v) is 7.15. The van der Waals surface area contributed by atoms with Crippen LogP contribution in [0.2, 0.25) is 0 Å². The molecule has 0 bridgehead atoms. The molecule has 0 fully saturated rings. The topological polar surface area (TPSA) is 53.9 Å². The molecule has 1 aromatic carbocycles. The van der Waals surface area contributed by atoms with Crippen molar-refractivity contribution in [3.05, 3.63) is 54.2 Å². The number of hydrogen-bond donors (Lipinski definition) is 1. The van der Waals surface area contributed by atoms with Gasteiger partial charge in [0.25, 0.3) is 0 Å². The highest BCUT2D eigenvalue weighted by atomic mass is 19.3. The molecule has 1 amide bonds. The van der Waals surface area contributed by atoms with Crippen LogP contribution in [0.4, 0.5) is 8.78 Å². The van der Waals surface area contributed by atoms with E-state index in [0.29, 0.717) is 0 Å². The smallest absolute Gasteiger partial charge is 0.319 e. The fourth-order valence-electron chi connectivity index (χ4n) is 2.52. The number of benzene rings is 1. The summed E-state index contributed by atoms with van der Waals surface area (Å²) < 4.78 is 26.4. The van der Waals surface area contributed by atoms with Gasteiger partial charge in [-0.1, -0.05) is 18.2 Å². The first-order chi connectivity index (χ1) is 11.1. The lowest BCUT2D eigenvalue weighted by Crippen LogP contribution is -2.29. The van der Waals surface area contributed by atoms with Crippen molar-refractivity contribution < 1.29 is 13.6 Å². The molecule has 0 saturated heterocycles. The van der Waals surface area contributed by atoms with Gasteiger partial charge in [0.05, 0.1) is 13.0 Å². The number of alkyl halides is 2. The predicted molar refractivity (Wildman–Crippen MR) is 82.0 cm³/mol. The third-order valence-corrected chi connectivity index (χ3v) is 3.78. The first kappa shape index (κ1) is 15.2. The zero-order valence-corrected chi connectivity index (χ0v) is 12.5. The second-order valence-electron chi connectivity index (χ2n) is 5.31. The Morgan fingerprint density at radius 2 is 2.17 bits per heavy atom. The molecule has 0 aliphatic carbocycles. The number of fused-ring (bicyclic) bond motifs is 1. The minimum atomic E-state index is -2.66. The lowest BCUT2D eigenvalue weighted by atomic mass is 10.1. The van der Waals surface area contributed by atoms with Crippen molar-refractivity contribution in [2.24, 2.45) is 0 Å². The Balaban J connectivity index is 1.71. The number of carbonyl (C=O) groups is 1. The summed E-state index contributed by atoms with van der Waals surface area (Å²) in [7, 11) is 1.58. The van der Waals surface area contributed by atoms with Gasteiger partial charge < -0.3 is 9.88 Å². The number of nitrogens with one attached hydrogen (secondary N) is 1. The number of likely N-dealkylation sites (N-methyl/N-ethyl adjacent to an activating group) is 1. The van der Waals surface area contributed by atoms with Gasteiger partial charge in [0.15, 0.2) is 0 Å². The van der Waals surface area contributed by atoms with Crippen molar-refractivity contribution in [1.82, 2.24) is 19.4 Å². The standard InChI is InChI=1S/C16H16F2N4O/c1-21(10-14-19-6-7-22(14)16(17)18)15(23)8-11-9-20-13-5-3-2-4-12(11)13/h2-7,9,16,20H,8,10H2,1H3. The van der Waals surface area contributed by atoms with Gasteiger partial charge in [0, 0.05) is 36.5 Å². The largest absolute Gasteiger partial charge is 0.361 e. The summed E-state index contributed by atoms with van der Waals surface area (Å²) in [6, 6.07) is 7.71. The average molecular weight is 318 g/mol. The number of para-hydroxylation sites is 1. The second kappa shape index (κ2) is 6.20. The summed E-state index contributed by atoms with van der Waals surface area (Å²) in [6.07, 6.45) is 4.52. The third kappa shape index (κ3) is 3.08. The Hall–Kier alpha value is -2.70. The van der Waals surface area contributed by atoms with Crippen molar-refractivity contribution >= 4 is 16.8 Å². The molecule has 5 nitrogen and oxygen atoms in total.